The van der Waals surface area contributed by atoms with Gasteiger partial charge in [0.1, 0.15) is 16.7 Å². The Bertz CT molecular complexity index is 505. The molecule has 0 radical (unpaired) electrons. The molecule has 0 aliphatic rings. The molecule has 1 aromatic rings. The van der Waals surface area contributed by atoms with Crippen molar-refractivity contribution in [2.45, 2.75) is 12.2 Å². The molecule has 17 heavy (non-hydrogen) atoms. The molecule has 0 aliphatic carbocycles. The largest absolute Gasteiger partial charge is 0.497 e. The zero-order chi connectivity index (χ0) is 13.1. The summed E-state index contributed by atoms with van der Waals surface area (Å²) >= 11 is 0. The van der Waals surface area contributed by atoms with Crippen LogP contribution in [0.25, 0.3) is 0 Å². The van der Waals surface area contributed by atoms with Gasteiger partial charge in [-0.1, -0.05) is 5.16 Å². The molecule has 0 fully saturated rings. The smallest absolute Gasteiger partial charge is 0.155 e. The fourth-order valence-corrected chi connectivity index (χ4v) is 1.93. The van der Waals surface area contributed by atoms with Gasteiger partial charge in [0.15, 0.2) is 9.84 Å². The molecule has 0 saturated heterocycles. The molecule has 1 atom stereocenters. The average molecular weight is 257 g/mol. The van der Waals surface area contributed by atoms with Gasteiger partial charge in [0.2, 0.25) is 0 Å². The van der Waals surface area contributed by atoms with Crippen LogP contribution in [0, 0.1) is 0 Å². The molecule has 5 nitrogen and oxygen atoms in total. The highest BCUT2D eigenvalue weighted by Crippen LogP contribution is 2.15. The molecule has 0 unspecified atom stereocenters. The van der Waals surface area contributed by atoms with Crippen LogP contribution >= 0.6 is 0 Å². The van der Waals surface area contributed by atoms with E-state index < -0.39 is 15.1 Å². The van der Waals surface area contributed by atoms with Crippen LogP contribution in [0.5, 0.6) is 5.75 Å². The van der Waals surface area contributed by atoms with E-state index in [2.05, 4.69) is 5.16 Å². The Labute approximate surface area is 101 Å². The first-order valence-electron chi connectivity index (χ1n) is 4.95. The van der Waals surface area contributed by atoms with Crippen LogP contribution < -0.4 is 4.74 Å². The SMILES string of the molecule is COc1ccc(/C(=N/O)[C@@H](C)S(C)(=O)=O)cc1. The van der Waals surface area contributed by atoms with E-state index in [-0.39, 0.29) is 5.71 Å². The lowest BCUT2D eigenvalue weighted by molar-refractivity contribution is 0.318. The van der Waals surface area contributed by atoms with Gasteiger partial charge in [-0.25, -0.2) is 8.42 Å². The van der Waals surface area contributed by atoms with Crippen molar-refractivity contribution in [1.82, 2.24) is 0 Å². The summed E-state index contributed by atoms with van der Waals surface area (Å²) in [6, 6.07) is 6.65. The molecule has 1 aromatic carbocycles. The van der Waals surface area contributed by atoms with E-state index in [0.29, 0.717) is 11.3 Å². The van der Waals surface area contributed by atoms with Gasteiger partial charge in [0, 0.05) is 11.8 Å². The summed E-state index contributed by atoms with van der Waals surface area (Å²) in [7, 11) is -1.76. The second-order valence-corrected chi connectivity index (χ2v) is 6.05. The normalized spacial score (nSPS) is 14.4. The Morgan fingerprint density at radius 3 is 2.24 bits per heavy atom. The summed E-state index contributed by atoms with van der Waals surface area (Å²) in [4.78, 5) is 0. The zero-order valence-electron chi connectivity index (χ0n) is 9.91. The molecule has 0 amide bonds. The summed E-state index contributed by atoms with van der Waals surface area (Å²) in [5.74, 6) is 0.651. The summed E-state index contributed by atoms with van der Waals surface area (Å²) in [5, 5.41) is 11.1. The van der Waals surface area contributed by atoms with Crippen LogP contribution in [0.2, 0.25) is 0 Å². The summed E-state index contributed by atoms with van der Waals surface area (Å²) < 4.78 is 27.8. The molecule has 94 valence electrons. The summed E-state index contributed by atoms with van der Waals surface area (Å²) in [6.45, 7) is 1.48. The van der Waals surface area contributed by atoms with E-state index in [4.69, 9.17) is 9.94 Å². The van der Waals surface area contributed by atoms with Crippen LogP contribution in [0.1, 0.15) is 12.5 Å². The predicted molar refractivity (Wildman–Crippen MR) is 65.6 cm³/mol. The fourth-order valence-electron chi connectivity index (χ4n) is 1.34. The number of oxime groups is 1. The Morgan fingerprint density at radius 2 is 1.88 bits per heavy atom. The van der Waals surface area contributed by atoms with Crippen molar-refractivity contribution in [3.05, 3.63) is 29.8 Å². The highest BCUT2D eigenvalue weighted by Gasteiger charge is 2.23. The monoisotopic (exact) mass is 257 g/mol. The molecule has 1 N–H and O–H groups in total. The molecule has 1 rings (SSSR count). The molecular weight excluding hydrogens is 242 g/mol. The van der Waals surface area contributed by atoms with E-state index in [1.54, 1.807) is 24.3 Å². The molecule has 0 aliphatic heterocycles. The van der Waals surface area contributed by atoms with E-state index in [1.807, 2.05) is 0 Å². The fraction of sp³-hybridized carbons (Fsp3) is 0.364. The van der Waals surface area contributed by atoms with Crippen LogP contribution in [-0.2, 0) is 9.84 Å². The van der Waals surface area contributed by atoms with Gasteiger partial charge in [-0.3, -0.25) is 0 Å². The summed E-state index contributed by atoms with van der Waals surface area (Å²) in [6.07, 6.45) is 1.10. The van der Waals surface area contributed by atoms with Crippen molar-refractivity contribution in [2.75, 3.05) is 13.4 Å². The first-order chi connectivity index (χ1) is 7.90. The molecular formula is C11H15NO4S. The standard InChI is InChI=1S/C11H15NO4S/c1-8(17(3,14)15)11(12-13)9-4-6-10(16-2)7-5-9/h4-8,13H,1-3H3/b12-11+/t8-/m1/s1. The molecule has 0 heterocycles. The Morgan fingerprint density at radius 1 is 1.35 bits per heavy atom. The lowest BCUT2D eigenvalue weighted by Crippen LogP contribution is -2.27. The van der Waals surface area contributed by atoms with Crippen molar-refractivity contribution < 1.29 is 18.4 Å². The van der Waals surface area contributed by atoms with E-state index in [0.717, 1.165) is 6.26 Å². The third-order valence-electron chi connectivity index (χ3n) is 2.52. The number of benzene rings is 1. The molecule has 0 aromatic heterocycles. The topological polar surface area (TPSA) is 76.0 Å². The summed E-state index contributed by atoms with van der Waals surface area (Å²) in [5.41, 5.74) is 0.668. The maximum Gasteiger partial charge on any atom is 0.155 e. The third-order valence-corrected chi connectivity index (χ3v) is 4.03. The van der Waals surface area contributed by atoms with Crippen molar-refractivity contribution in [2.24, 2.45) is 5.16 Å². The van der Waals surface area contributed by atoms with Gasteiger partial charge in [-0.15, -0.1) is 0 Å². The first-order valence-corrected chi connectivity index (χ1v) is 6.91. The minimum Gasteiger partial charge on any atom is -0.497 e. The number of nitrogens with zero attached hydrogens (tertiary/aromatic N) is 1. The van der Waals surface area contributed by atoms with E-state index in [1.165, 1.54) is 14.0 Å². The maximum absolute atomic E-state index is 11.4. The highest BCUT2D eigenvalue weighted by atomic mass is 32.2. The lowest BCUT2D eigenvalue weighted by atomic mass is 10.1. The second kappa shape index (κ2) is 5.18. The zero-order valence-corrected chi connectivity index (χ0v) is 10.7. The van der Waals surface area contributed by atoms with Gasteiger partial charge in [0.25, 0.3) is 0 Å². The first kappa shape index (κ1) is 13.5. The number of methoxy groups -OCH3 is 1. The molecule has 6 heteroatoms. The minimum atomic E-state index is -3.30. The average Bonchev–Trinajstić information content (AvgIpc) is 2.29. The second-order valence-electron chi connectivity index (χ2n) is 3.69. The van der Waals surface area contributed by atoms with Crippen molar-refractivity contribution >= 4 is 15.5 Å². The third kappa shape index (κ3) is 3.20. The van der Waals surface area contributed by atoms with Crippen LogP contribution in [-0.4, -0.2) is 38.0 Å². The molecule has 0 spiro atoms. The number of hydrogen-bond donors (Lipinski definition) is 1. The number of rotatable bonds is 4. The van der Waals surface area contributed by atoms with Gasteiger partial charge in [0.05, 0.1) is 7.11 Å². The van der Waals surface area contributed by atoms with Crippen LogP contribution in [0.4, 0.5) is 0 Å². The quantitative estimate of drug-likeness (QED) is 0.501. The van der Waals surface area contributed by atoms with Gasteiger partial charge < -0.3 is 9.94 Å². The number of hydrogen-bond acceptors (Lipinski definition) is 5. The van der Waals surface area contributed by atoms with E-state index in [9.17, 15) is 8.42 Å². The predicted octanol–water partition coefficient (Wildman–Crippen LogP) is 1.31. The van der Waals surface area contributed by atoms with Crippen molar-refractivity contribution in [1.29, 1.82) is 0 Å². The lowest BCUT2D eigenvalue weighted by Gasteiger charge is -2.11. The Hall–Kier alpha value is -1.56. The Balaban J connectivity index is 3.11. The van der Waals surface area contributed by atoms with Crippen LogP contribution in [0.15, 0.2) is 29.4 Å². The van der Waals surface area contributed by atoms with Gasteiger partial charge in [-0.2, -0.15) is 0 Å². The number of ether oxygens (including phenoxy) is 1. The highest BCUT2D eigenvalue weighted by molar-refractivity contribution is 7.92. The maximum atomic E-state index is 11.4. The van der Waals surface area contributed by atoms with Crippen LogP contribution in [0.3, 0.4) is 0 Å². The van der Waals surface area contributed by atoms with Crippen molar-refractivity contribution in [3.63, 3.8) is 0 Å². The number of sulfone groups is 1. The van der Waals surface area contributed by atoms with E-state index >= 15 is 0 Å². The Kier molecular flexibility index (Phi) is 4.11. The molecule has 0 bridgehead atoms. The van der Waals surface area contributed by atoms with Crippen molar-refractivity contribution in [3.8, 4) is 5.75 Å². The van der Waals surface area contributed by atoms with Gasteiger partial charge in [-0.05, 0) is 31.2 Å². The molecule has 0 saturated carbocycles. The van der Waals surface area contributed by atoms with Gasteiger partial charge >= 0.3 is 0 Å². The minimum absolute atomic E-state index is 0.121.